The van der Waals surface area contributed by atoms with Crippen molar-refractivity contribution in [2.45, 2.75) is 37.8 Å². The molecule has 5 nitrogen and oxygen atoms in total. The molecule has 5 heteroatoms. The number of methoxy groups -OCH3 is 2. The average Bonchev–Trinajstić information content (AvgIpc) is 2.56. The second kappa shape index (κ2) is 8.36. The standard InChI is InChI=1S/C17H27NO4/c1-21-14-6-7-17(22-2)15(11-14)16(20)12-18-9-4-3-5-13(18)8-10-19/h6-7,11,13,16,19-20H,3-5,8-10,12H2,1-2H3. The SMILES string of the molecule is COc1ccc(OC)c(C(O)CN2CCCCC2CCO)c1. The molecule has 1 fully saturated rings. The lowest BCUT2D eigenvalue weighted by atomic mass is 9.98. The molecule has 0 amide bonds. The Balaban J connectivity index is 2.11. The Morgan fingerprint density at radius 1 is 1.27 bits per heavy atom. The summed E-state index contributed by atoms with van der Waals surface area (Å²) in [5.74, 6) is 1.38. The zero-order valence-electron chi connectivity index (χ0n) is 13.5. The summed E-state index contributed by atoms with van der Waals surface area (Å²) < 4.78 is 10.6. The summed E-state index contributed by atoms with van der Waals surface area (Å²) >= 11 is 0. The molecule has 0 bridgehead atoms. The van der Waals surface area contributed by atoms with Gasteiger partial charge in [-0.25, -0.2) is 0 Å². The third-order valence-electron chi connectivity index (χ3n) is 4.41. The molecule has 0 aromatic heterocycles. The number of aliphatic hydroxyl groups is 2. The van der Waals surface area contributed by atoms with Gasteiger partial charge in [-0.3, -0.25) is 4.90 Å². The Morgan fingerprint density at radius 3 is 2.77 bits per heavy atom. The van der Waals surface area contributed by atoms with Gasteiger partial charge in [0.2, 0.25) is 0 Å². The predicted octanol–water partition coefficient (Wildman–Crippen LogP) is 1.97. The Labute approximate surface area is 132 Å². The summed E-state index contributed by atoms with van der Waals surface area (Å²) in [6.45, 7) is 1.71. The normalized spacial score (nSPS) is 20.6. The molecule has 0 radical (unpaired) electrons. The molecule has 124 valence electrons. The number of likely N-dealkylation sites (tertiary alicyclic amines) is 1. The van der Waals surface area contributed by atoms with Crippen LogP contribution in [0.4, 0.5) is 0 Å². The van der Waals surface area contributed by atoms with Crippen molar-refractivity contribution in [3.05, 3.63) is 23.8 Å². The van der Waals surface area contributed by atoms with Crippen LogP contribution in [0, 0.1) is 0 Å². The molecule has 0 saturated carbocycles. The van der Waals surface area contributed by atoms with Crippen LogP contribution in [0.1, 0.15) is 37.4 Å². The van der Waals surface area contributed by atoms with Gasteiger partial charge in [-0.1, -0.05) is 6.42 Å². The van der Waals surface area contributed by atoms with Gasteiger partial charge < -0.3 is 19.7 Å². The van der Waals surface area contributed by atoms with E-state index >= 15 is 0 Å². The lowest BCUT2D eigenvalue weighted by Gasteiger charge is -2.37. The van der Waals surface area contributed by atoms with Crippen molar-refractivity contribution in [3.8, 4) is 11.5 Å². The summed E-state index contributed by atoms with van der Waals surface area (Å²) in [7, 11) is 3.22. The first kappa shape index (κ1) is 17.1. The first-order valence-corrected chi connectivity index (χ1v) is 7.94. The third kappa shape index (κ3) is 4.12. The van der Waals surface area contributed by atoms with E-state index in [0.717, 1.165) is 31.4 Å². The van der Waals surface area contributed by atoms with Gasteiger partial charge in [-0.2, -0.15) is 0 Å². The minimum absolute atomic E-state index is 0.194. The maximum absolute atomic E-state index is 10.7. The van der Waals surface area contributed by atoms with Crippen LogP contribution in [0.2, 0.25) is 0 Å². The molecular formula is C17H27NO4. The number of piperidine rings is 1. The molecule has 1 heterocycles. The third-order valence-corrected chi connectivity index (χ3v) is 4.41. The number of ether oxygens (including phenoxy) is 2. The first-order valence-electron chi connectivity index (χ1n) is 7.94. The monoisotopic (exact) mass is 309 g/mol. The number of nitrogens with zero attached hydrogens (tertiary/aromatic N) is 1. The number of hydrogen-bond donors (Lipinski definition) is 2. The van der Waals surface area contributed by atoms with Crippen LogP contribution in [0.3, 0.4) is 0 Å². The summed E-state index contributed by atoms with van der Waals surface area (Å²) in [6.07, 6.45) is 3.55. The molecular weight excluding hydrogens is 282 g/mol. The highest BCUT2D eigenvalue weighted by Gasteiger charge is 2.25. The van der Waals surface area contributed by atoms with Crippen LogP contribution < -0.4 is 9.47 Å². The van der Waals surface area contributed by atoms with Crippen molar-refractivity contribution in [2.24, 2.45) is 0 Å². The van der Waals surface area contributed by atoms with Gasteiger partial charge in [0.15, 0.2) is 0 Å². The molecule has 1 saturated heterocycles. The quantitative estimate of drug-likeness (QED) is 0.806. The van der Waals surface area contributed by atoms with Gasteiger partial charge in [0, 0.05) is 24.8 Å². The summed E-state index contributed by atoms with van der Waals surface area (Å²) in [5.41, 5.74) is 0.746. The van der Waals surface area contributed by atoms with Crippen molar-refractivity contribution in [1.29, 1.82) is 0 Å². The van der Waals surface area contributed by atoms with Gasteiger partial charge in [0.1, 0.15) is 11.5 Å². The fourth-order valence-corrected chi connectivity index (χ4v) is 3.20. The van der Waals surface area contributed by atoms with Gasteiger partial charge >= 0.3 is 0 Å². The second-order valence-corrected chi connectivity index (χ2v) is 5.78. The number of β-amino-alcohol motifs (C(OH)–C–C–N with tert-alkyl or cyclic N) is 1. The topological polar surface area (TPSA) is 62.2 Å². The van der Waals surface area contributed by atoms with E-state index in [1.165, 1.54) is 6.42 Å². The van der Waals surface area contributed by atoms with Gasteiger partial charge in [-0.05, 0) is 44.0 Å². The molecule has 2 atom stereocenters. The van der Waals surface area contributed by atoms with E-state index in [0.29, 0.717) is 24.1 Å². The van der Waals surface area contributed by atoms with Crippen molar-refractivity contribution in [2.75, 3.05) is 33.9 Å². The molecule has 2 rings (SSSR count). The summed E-state index contributed by atoms with van der Waals surface area (Å²) in [5, 5.41) is 19.9. The number of hydrogen-bond acceptors (Lipinski definition) is 5. The average molecular weight is 309 g/mol. The molecule has 0 spiro atoms. The second-order valence-electron chi connectivity index (χ2n) is 5.78. The van der Waals surface area contributed by atoms with Crippen LogP contribution in [0.5, 0.6) is 11.5 Å². The molecule has 1 aromatic carbocycles. The maximum atomic E-state index is 10.7. The molecule has 2 N–H and O–H groups in total. The van der Waals surface area contributed by atoms with Crippen LogP contribution >= 0.6 is 0 Å². The zero-order valence-corrected chi connectivity index (χ0v) is 13.5. The van der Waals surface area contributed by atoms with Crippen molar-refractivity contribution in [1.82, 2.24) is 4.90 Å². The smallest absolute Gasteiger partial charge is 0.124 e. The van der Waals surface area contributed by atoms with Crippen molar-refractivity contribution >= 4 is 0 Å². The number of benzene rings is 1. The highest BCUT2D eigenvalue weighted by Crippen LogP contribution is 2.31. The molecule has 1 aromatic rings. The van der Waals surface area contributed by atoms with Crippen molar-refractivity contribution in [3.63, 3.8) is 0 Å². The van der Waals surface area contributed by atoms with Crippen LogP contribution in [0.15, 0.2) is 18.2 Å². The molecule has 0 aliphatic carbocycles. The van der Waals surface area contributed by atoms with Gasteiger partial charge in [0.25, 0.3) is 0 Å². The van der Waals surface area contributed by atoms with E-state index in [9.17, 15) is 10.2 Å². The van der Waals surface area contributed by atoms with Crippen molar-refractivity contribution < 1.29 is 19.7 Å². The fraction of sp³-hybridized carbons (Fsp3) is 0.647. The molecule has 1 aliphatic heterocycles. The van der Waals surface area contributed by atoms with Crippen LogP contribution in [-0.2, 0) is 0 Å². The Kier molecular flexibility index (Phi) is 6.49. The highest BCUT2D eigenvalue weighted by atomic mass is 16.5. The largest absolute Gasteiger partial charge is 0.497 e. The molecule has 2 unspecified atom stereocenters. The Bertz CT molecular complexity index is 464. The van der Waals surface area contributed by atoms with Crippen LogP contribution in [0.25, 0.3) is 0 Å². The van der Waals surface area contributed by atoms with Crippen LogP contribution in [-0.4, -0.2) is 55.1 Å². The molecule has 1 aliphatic rings. The van der Waals surface area contributed by atoms with E-state index in [1.807, 2.05) is 18.2 Å². The van der Waals surface area contributed by atoms with E-state index in [1.54, 1.807) is 14.2 Å². The maximum Gasteiger partial charge on any atom is 0.124 e. The summed E-state index contributed by atoms with van der Waals surface area (Å²) in [4.78, 5) is 2.28. The minimum Gasteiger partial charge on any atom is -0.497 e. The highest BCUT2D eigenvalue weighted by molar-refractivity contribution is 5.41. The predicted molar refractivity (Wildman–Crippen MR) is 85.4 cm³/mol. The zero-order chi connectivity index (χ0) is 15.9. The fourth-order valence-electron chi connectivity index (χ4n) is 3.20. The van der Waals surface area contributed by atoms with E-state index in [-0.39, 0.29) is 6.61 Å². The Morgan fingerprint density at radius 2 is 2.09 bits per heavy atom. The Hall–Kier alpha value is -1.30. The first-order chi connectivity index (χ1) is 10.7. The molecule has 22 heavy (non-hydrogen) atoms. The summed E-state index contributed by atoms with van der Waals surface area (Å²) in [6, 6.07) is 5.82. The van der Waals surface area contributed by atoms with E-state index < -0.39 is 6.10 Å². The number of rotatable bonds is 7. The number of aliphatic hydroxyl groups excluding tert-OH is 2. The van der Waals surface area contributed by atoms with Gasteiger partial charge in [0.05, 0.1) is 20.3 Å². The van der Waals surface area contributed by atoms with Gasteiger partial charge in [-0.15, -0.1) is 0 Å². The lowest BCUT2D eigenvalue weighted by Crippen LogP contribution is -2.42. The van der Waals surface area contributed by atoms with E-state index in [4.69, 9.17) is 9.47 Å². The lowest BCUT2D eigenvalue weighted by molar-refractivity contribution is 0.0553. The van der Waals surface area contributed by atoms with E-state index in [2.05, 4.69) is 4.90 Å². The minimum atomic E-state index is -0.635.